The zero-order valence-corrected chi connectivity index (χ0v) is 14.8. The number of carbonyl (C=O) groups excluding carboxylic acids is 1. The van der Waals surface area contributed by atoms with Gasteiger partial charge in [0.05, 0.1) is 12.6 Å². The molecule has 0 saturated heterocycles. The third-order valence-corrected chi connectivity index (χ3v) is 3.50. The first-order chi connectivity index (χ1) is 10.3. The number of rotatable bonds is 5. The van der Waals surface area contributed by atoms with Crippen molar-refractivity contribution in [3.63, 3.8) is 0 Å². The van der Waals surface area contributed by atoms with Crippen LogP contribution in [0.1, 0.15) is 32.8 Å². The minimum atomic E-state index is -0.536. The second-order valence-corrected chi connectivity index (χ2v) is 6.67. The molecule has 0 aliphatic heterocycles. The van der Waals surface area contributed by atoms with E-state index >= 15 is 0 Å². The summed E-state index contributed by atoms with van der Waals surface area (Å²) in [5.41, 5.74) is 0.476. The van der Waals surface area contributed by atoms with Gasteiger partial charge in [0.1, 0.15) is 5.60 Å². The van der Waals surface area contributed by atoms with Gasteiger partial charge in [-0.25, -0.2) is 4.79 Å². The van der Waals surface area contributed by atoms with Gasteiger partial charge in [0.15, 0.2) is 0 Å². The normalized spacial score (nSPS) is 11.2. The molecule has 0 unspecified atom stereocenters. The van der Waals surface area contributed by atoms with E-state index in [9.17, 15) is 4.79 Å². The molecule has 0 aromatic heterocycles. The molecule has 0 fully saturated rings. The van der Waals surface area contributed by atoms with Crippen LogP contribution in [0.25, 0.3) is 0 Å². The van der Waals surface area contributed by atoms with Crippen molar-refractivity contribution in [3.05, 3.63) is 46.5 Å². The summed E-state index contributed by atoms with van der Waals surface area (Å²) < 4.78 is 6.41. The van der Waals surface area contributed by atoms with Crippen molar-refractivity contribution in [2.75, 3.05) is 6.54 Å². The molecule has 5 heteroatoms. The van der Waals surface area contributed by atoms with Gasteiger partial charge in [-0.15, -0.1) is 0 Å². The van der Waals surface area contributed by atoms with Crippen LogP contribution < -0.4 is 0 Å². The Morgan fingerprint density at radius 1 is 1.41 bits per heavy atom. The molecule has 0 aliphatic rings. The largest absolute Gasteiger partial charge is 0.444 e. The lowest BCUT2D eigenvalue weighted by Crippen LogP contribution is -2.37. The maximum Gasteiger partial charge on any atom is 0.410 e. The maximum atomic E-state index is 12.3. The summed E-state index contributed by atoms with van der Waals surface area (Å²) in [4.78, 5) is 14.0. The summed E-state index contributed by atoms with van der Waals surface area (Å²) in [6.45, 7) is 6.48. The Kier molecular flexibility index (Phi) is 7.13. The molecule has 0 radical (unpaired) electrons. The summed E-state index contributed by atoms with van der Waals surface area (Å²) in [5.74, 6) is 0. The van der Waals surface area contributed by atoms with E-state index in [1.807, 2.05) is 51.1 Å². The fourth-order valence-electron chi connectivity index (χ4n) is 1.76. The molecular formula is C17H21BrN2O2. The smallest absolute Gasteiger partial charge is 0.410 e. The van der Waals surface area contributed by atoms with Crippen LogP contribution in [0.5, 0.6) is 0 Å². The third-order valence-electron chi connectivity index (χ3n) is 2.73. The molecule has 0 heterocycles. The molecule has 4 nitrogen and oxygen atoms in total. The minimum Gasteiger partial charge on any atom is -0.444 e. The standard InChI is InChI=1S/C17H21BrN2O2/c1-17(2,3)22-16(21)20(12-8-4-7-11-19)13-14-9-5-6-10-15(14)18/h4-7,9-10H,8,12-13H2,1-3H3/b7-4+. The van der Waals surface area contributed by atoms with Crippen LogP contribution in [0, 0.1) is 11.3 Å². The van der Waals surface area contributed by atoms with Gasteiger partial charge in [-0.1, -0.05) is 40.2 Å². The average molecular weight is 365 g/mol. The summed E-state index contributed by atoms with van der Waals surface area (Å²) in [6.07, 6.45) is 3.43. The van der Waals surface area contributed by atoms with E-state index in [-0.39, 0.29) is 6.09 Å². The number of ether oxygens (including phenoxy) is 1. The summed E-state index contributed by atoms with van der Waals surface area (Å²) >= 11 is 3.49. The zero-order valence-electron chi connectivity index (χ0n) is 13.2. The van der Waals surface area contributed by atoms with Crippen molar-refractivity contribution < 1.29 is 9.53 Å². The summed E-state index contributed by atoms with van der Waals surface area (Å²) in [5, 5.41) is 8.52. The zero-order chi connectivity index (χ0) is 16.6. The van der Waals surface area contributed by atoms with Crippen molar-refractivity contribution in [2.24, 2.45) is 0 Å². The van der Waals surface area contributed by atoms with Crippen molar-refractivity contribution in [2.45, 2.75) is 39.3 Å². The molecule has 0 atom stereocenters. The highest BCUT2D eigenvalue weighted by Gasteiger charge is 2.22. The number of nitrogens with zero attached hydrogens (tertiary/aromatic N) is 2. The lowest BCUT2D eigenvalue weighted by Gasteiger charge is -2.27. The molecule has 0 saturated carbocycles. The number of nitriles is 1. The Morgan fingerprint density at radius 2 is 2.09 bits per heavy atom. The lowest BCUT2D eigenvalue weighted by atomic mass is 10.2. The van der Waals surface area contributed by atoms with E-state index in [2.05, 4.69) is 15.9 Å². The van der Waals surface area contributed by atoms with Gasteiger partial charge < -0.3 is 9.64 Å². The van der Waals surface area contributed by atoms with Gasteiger partial charge in [-0.2, -0.15) is 5.26 Å². The van der Waals surface area contributed by atoms with Crippen LogP contribution in [-0.2, 0) is 11.3 Å². The molecule has 22 heavy (non-hydrogen) atoms. The second kappa shape index (κ2) is 8.60. The SMILES string of the molecule is CC(C)(C)OC(=O)N(CC/C=C/C#N)Cc1ccccc1Br. The quantitative estimate of drug-likeness (QED) is 0.714. The predicted octanol–water partition coefficient (Wildman–Crippen LogP) is 4.66. The first kappa shape index (κ1) is 18.2. The Balaban J connectivity index is 2.82. The van der Waals surface area contributed by atoms with Crippen LogP contribution in [-0.4, -0.2) is 23.1 Å². The molecule has 118 valence electrons. The molecule has 1 amide bonds. The average Bonchev–Trinajstić information content (AvgIpc) is 2.42. The van der Waals surface area contributed by atoms with E-state index in [0.29, 0.717) is 19.5 Å². The number of halogens is 1. The van der Waals surface area contributed by atoms with Gasteiger partial charge in [0.2, 0.25) is 0 Å². The highest BCUT2D eigenvalue weighted by Crippen LogP contribution is 2.19. The van der Waals surface area contributed by atoms with Crippen molar-refractivity contribution in [3.8, 4) is 6.07 Å². The van der Waals surface area contributed by atoms with Crippen LogP contribution in [0.2, 0.25) is 0 Å². The first-order valence-corrected chi connectivity index (χ1v) is 7.89. The van der Waals surface area contributed by atoms with E-state index in [0.717, 1.165) is 10.0 Å². The molecule has 0 N–H and O–H groups in total. The predicted molar refractivity (Wildman–Crippen MR) is 90.2 cm³/mol. The molecular weight excluding hydrogens is 344 g/mol. The Hall–Kier alpha value is -1.80. The molecule has 1 aromatic rings. The van der Waals surface area contributed by atoms with E-state index < -0.39 is 5.60 Å². The summed E-state index contributed by atoms with van der Waals surface area (Å²) in [7, 11) is 0. The maximum absolute atomic E-state index is 12.3. The fraction of sp³-hybridized carbons (Fsp3) is 0.412. The van der Waals surface area contributed by atoms with Crippen molar-refractivity contribution in [1.29, 1.82) is 5.26 Å². The monoisotopic (exact) mass is 364 g/mol. The van der Waals surface area contributed by atoms with Gasteiger partial charge >= 0.3 is 6.09 Å². The van der Waals surface area contributed by atoms with Crippen molar-refractivity contribution in [1.82, 2.24) is 4.90 Å². The molecule has 1 aromatic carbocycles. The number of benzene rings is 1. The Morgan fingerprint density at radius 3 is 2.68 bits per heavy atom. The molecule has 0 aliphatic carbocycles. The molecule has 1 rings (SSSR count). The van der Waals surface area contributed by atoms with Crippen LogP contribution in [0.3, 0.4) is 0 Å². The van der Waals surface area contributed by atoms with Crippen LogP contribution in [0.4, 0.5) is 4.79 Å². The van der Waals surface area contributed by atoms with E-state index in [1.165, 1.54) is 6.08 Å². The number of carbonyl (C=O) groups is 1. The van der Waals surface area contributed by atoms with Crippen LogP contribution >= 0.6 is 15.9 Å². The van der Waals surface area contributed by atoms with Gasteiger partial charge in [0, 0.05) is 17.1 Å². The van der Waals surface area contributed by atoms with E-state index in [1.54, 1.807) is 11.0 Å². The summed E-state index contributed by atoms with van der Waals surface area (Å²) in [6, 6.07) is 9.72. The minimum absolute atomic E-state index is 0.353. The topological polar surface area (TPSA) is 53.3 Å². The highest BCUT2D eigenvalue weighted by atomic mass is 79.9. The van der Waals surface area contributed by atoms with Gasteiger partial charge in [-0.3, -0.25) is 0 Å². The van der Waals surface area contributed by atoms with E-state index in [4.69, 9.17) is 10.00 Å². The molecule has 0 spiro atoms. The van der Waals surface area contributed by atoms with Crippen molar-refractivity contribution >= 4 is 22.0 Å². The van der Waals surface area contributed by atoms with Gasteiger partial charge in [0.25, 0.3) is 0 Å². The Bertz CT molecular complexity index is 571. The Labute approximate surface area is 140 Å². The second-order valence-electron chi connectivity index (χ2n) is 5.81. The molecule has 0 bridgehead atoms. The highest BCUT2D eigenvalue weighted by molar-refractivity contribution is 9.10. The first-order valence-electron chi connectivity index (χ1n) is 7.09. The fourth-order valence-corrected chi connectivity index (χ4v) is 2.17. The number of amides is 1. The number of hydrogen-bond donors (Lipinski definition) is 0. The van der Waals surface area contributed by atoms with Gasteiger partial charge in [-0.05, 0) is 38.8 Å². The number of hydrogen-bond acceptors (Lipinski definition) is 3. The van der Waals surface area contributed by atoms with Crippen LogP contribution in [0.15, 0.2) is 40.9 Å². The third kappa shape index (κ3) is 6.77. The number of allylic oxidation sites excluding steroid dienone is 1. The lowest BCUT2D eigenvalue weighted by molar-refractivity contribution is 0.0236.